The minimum atomic E-state index is 0.0886. The molecule has 1 amide bonds. The van der Waals surface area contributed by atoms with Crippen LogP contribution < -0.4 is 10.6 Å². The van der Waals surface area contributed by atoms with E-state index in [4.69, 9.17) is 11.6 Å². The summed E-state index contributed by atoms with van der Waals surface area (Å²) in [4.78, 5) is 11.6. The Bertz CT molecular complexity index is 396. The average Bonchev–Trinajstić information content (AvgIpc) is 2.33. The summed E-state index contributed by atoms with van der Waals surface area (Å²) in [6, 6.07) is 7.61. The van der Waals surface area contributed by atoms with E-state index in [1.807, 2.05) is 24.3 Å². The fraction of sp³-hybridized carbons (Fsp3) is 0.533. The van der Waals surface area contributed by atoms with Gasteiger partial charge in [0.25, 0.3) is 0 Å². The van der Waals surface area contributed by atoms with Crippen LogP contribution >= 0.6 is 11.6 Å². The van der Waals surface area contributed by atoms with Crippen molar-refractivity contribution in [1.29, 1.82) is 0 Å². The van der Waals surface area contributed by atoms with Gasteiger partial charge in [-0.25, -0.2) is 0 Å². The van der Waals surface area contributed by atoms with Crippen molar-refractivity contribution in [3.05, 3.63) is 34.9 Å². The molecule has 0 fully saturated rings. The fourth-order valence-corrected chi connectivity index (χ4v) is 1.76. The lowest BCUT2D eigenvalue weighted by Gasteiger charge is -2.20. The van der Waals surface area contributed by atoms with Crippen molar-refractivity contribution in [2.45, 2.75) is 39.2 Å². The van der Waals surface area contributed by atoms with Crippen LogP contribution in [0.1, 0.15) is 32.8 Å². The van der Waals surface area contributed by atoms with Crippen LogP contribution in [0.15, 0.2) is 24.3 Å². The van der Waals surface area contributed by atoms with Gasteiger partial charge in [0.2, 0.25) is 5.91 Å². The third-order valence-corrected chi connectivity index (χ3v) is 2.91. The molecule has 2 N–H and O–H groups in total. The van der Waals surface area contributed by atoms with Crippen LogP contribution in [0.2, 0.25) is 5.02 Å². The summed E-state index contributed by atoms with van der Waals surface area (Å²) in [5, 5.41) is 6.96. The lowest BCUT2D eigenvalue weighted by molar-refractivity contribution is -0.121. The van der Waals surface area contributed by atoms with Gasteiger partial charge < -0.3 is 10.6 Å². The van der Waals surface area contributed by atoms with E-state index >= 15 is 0 Å². The molecule has 1 aromatic rings. The number of aryl methyl sites for hydroxylation is 1. The Morgan fingerprint density at radius 1 is 1.16 bits per heavy atom. The standard InChI is InChI=1S/C15H23ClN2O/c1-15(2,3)18-11-10-17-14(19)9-6-12-4-7-13(16)8-5-12/h4-5,7-8,18H,6,9-11H2,1-3H3,(H,17,19). The normalized spacial score (nSPS) is 11.4. The SMILES string of the molecule is CC(C)(C)NCCNC(=O)CCc1ccc(Cl)cc1. The minimum absolute atomic E-state index is 0.0886. The monoisotopic (exact) mass is 282 g/mol. The molecule has 0 aliphatic rings. The third kappa shape index (κ3) is 7.85. The molecule has 0 unspecified atom stereocenters. The molecule has 0 spiro atoms. The Balaban J connectivity index is 2.16. The molecule has 4 heteroatoms. The molecule has 0 radical (unpaired) electrons. The van der Waals surface area contributed by atoms with Crippen LogP contribution in [-0.2, 0) is 11.2 Å². The van der Waals surface area contributed by atoms with E-state index in [1.54, 1.807) is 0 Å². The number of hydrogen-bond donors (Lipinski definition) is 2. The number of hydrogen-bond acceptors (Lipinski definition) is 2. The van der Waals surface area contributed by atoms with E-state index in [2.05, 4.69) is 31.4 Å². The van der Waals surface area contributed by atoms with Gasteiger partial charge in [-0.05, 0) is 44.9 Å². The van der Waals surface area contributed by atoms with Crippen molar-refractivity contribution in [1.82, 2.24) is 10.6 Å². The maximum absolute atomic E-state index is 11.6. The Kier molecular flexibility index (Phi) is 6.32. The molecular formula is C15H23ClN2O. The Morgan fingerprint density at radius 2 is 1.79 bits per heavy atom. The second kappa shape index (κ2) is 7.51. The number of halogens is 1. The molecule has 19 heavy (non-hydrogen) atoms. The number of benzene rings is 1. The van der Waals surface area contributed by atoms with Gasteiger partial charge in [-0.3, -0.25) is 4.79 Å². The molecule has 0 heterocycles. The van der Waals surface area contributed by atoms with Crippen molar-refractivity contribution in [2.75, 3.05) is 13.1 Å². The predicted molar refractivity (Wildman–Crippen MR) is 80.5 cm³/mol. The number of carbonyl (C=O) groups excluding carboxylic acids is 1. The zero-order valence-electron chi connectivity index (χ0n) is 11.9. The second-order valence-electron chi connectivity index (χ2n) is 5.65. The molecule has 0 aliphatic heterocycles. The minimum Gasteiger partial charge on any atom is -0.355 e. The highest BCUT2D eigenvalue weighted by Gasteiger charge is 2.08. The molecule has 0 bridgehead atoms. The number of amides is 1. The van der Waals surface area contributed by atoms with Crippen molar-refractivity contribution in [2.24, 2.45) is 0 Å². The van der Waals surface area contributed by atoms with Crippen molar-refractivity contribution < 1.29 is 4.79 Å². The largest absolute Gasteiger partial charge is 0.355 e. The van der Waals surface area contributed by atoms with Gasteiger partial charge >= 0.3 is 0 Å². The summed E-state index contributed by atoms with van der Waals surface area (Å²) in [7, 11) is 0. The van der Waals surface area contributed by atoms with Gasteiger partial charge in [0.1, 0.15) is 0 Å². The van der Waals surface area contributed by atoms with Crippen LogP contribution in [0, 0.1) is 0 Å². The summed E-state index contributed by atoms with van der Waals surface area (Å²) >= 11 is 5.81. The lowest BCUT2D eigenvalue weighted by atomic mass is 10.1. The zero-order valence-corrected chi connectivity index (χ0v) is 12.7. The van der Waals surface area contributed by atoms with Crippen LogP contribution in [0.3, 0.4) is 0 Å². The molecule has 0 atom stereocenters. The highest BCUT2D eigenvalue weighted by molar-refractivity contribution is 6.30. The first-order valence-electron chi connectivity index (χ1n) is 6.63. The molecule has 0 saturated carbocycles. The van der Waals surface area contributed by atoms with Crippen LogP contribution in [0.25, 0.3) is 0 Å². The third-order valence-electron chi connectivity index (χ3n) is 2.66. The van der Waals surface area contributed by atoms with Gasteiger partial charge in [0, 0.05) is 30.1 Å². The molecule has 0 aliphatic carbocycles. The highest BCUT2D eigenvalue weighted by atomic mass is 35.5. The fourth-order valence-electron chi connectivity index (χ4n) is 1.64. The Morgan fingerprint density at radius 3 is 2.37 bits per heavy atom. The van der Waals surface area contributed by atoms with Gasteiger partial charge in [-0.1, -0.05) is 23.7 Å². The van der Waals surface area contributed by atoms with Crippen LogP contribution in [0.5, 0.6) is 0 Å². The summed E-state index contributed by atoms with van der Waals surface area (Å²) in [5.41, 5.74) is 1.22. The van der Waals surface area contributed by atoms with Gasteiger partial charge in [0.15, 0.2) is 0 Å². The summed E-state index contributed by atoms with van der Waals surface area (Å²) < 4.78 is 0. The predicted octanol–water partition coefficient (Wildman–Crippen LogP) is 2.78. The molecule has 1 rings (SSSR count). The molecular weight excluding hydrogens is 260 g/mol. The molecule has 1 aromatic carbocycles. The first-order valence-corrected chi connectivity index (χ1v) is 7.01. The Hall–Kier alpha value is -1.06. The molecule has 0 saturated heterocycles. The topological polar surface area (TPSA) is 41.1 Å². The van der Waals surface area contributed by atoms with Crippen molar-refractivity contribution >= 4 is 17.5 Å². The lowest BCUT2D eigenvalue weighted by Crippen LogP contribution is -2.41. The zero-order chi connectivity index (χ0) is 14.3. The Labute approximate surface area is 120 Å². The maximum atomic E-state index is 11.6. The highest BCUT2D eigenvalue weighted by Crippen LogP contribution is 2.10. The van der Waals surface area contributed by atoms with E-state index in [-0.39, 0.29) is 11.4 Å². The van der Waals surface area contributed by atoms with Gasteiger partial charge in [0.05, 0.1) is 0 Å². The van der Waals surface area contributed by atoms with Crippen LogP contribution in [-0.4, -0.2) is 24.5 Å². The summed E-state index contributed by atoms with van der Waals surface area (Å²) in [5.74, 6) is 0.0886. The summed E-state index contributed by atoms with van der Waals surface area (Å²) in [6.07, 6.45) is 1.26. The maximum Gasteiger partial charge on any atom is 0.220 e. The van der Waals surface area contributed by atoms with Crippen molar-refractivity contribution in [3.63, 3.8) is 0 Å². The van der Waals surface area contributed by atoms with Crippen molar-refractivity contribution in [3.8, 4) is 0 Å². The first-order chi connectivity index (χ1) is 8.87. The average molecular weight is 283 g/mol. The van der Waals surface area contributed by atoms with Gasteiger partial charge in [-0.15, -0.1) is 0 Å². The second-order valence-corrected chi connectivity index (χ2v) is 6.09. The van der Waals surface area contributed by atoms with E-state index < -0.39 is 0 Å². The van der Waals surface area contributed by atoms with E-state index in [1.165, 1.54) is 0 Å². The molecule has 3 nitrogen and oxygen atoms in total. The number of nitrogens with one attached hydrogen (secondary N) is 2. The first kappa shape index (κ1) is 16.0. The van der Waals surface area contributed by atoms with E-state index in [0.29, 0.717) is 13.0 Å². The molecule has 106 valence electrons. The van der Waals surface area contributed by atoms with E-state index in [0.717, 1.165) is 23.6 Å². The smallest absolute Gasteiger partial charge is 0.220 e. The summed E-state index contributed by atoms with van der Waals surface area (Å²) in [6.45, 7) is 7.77. The molecule has 0 aromatic heterocycles. The van der Waals surface area contributed by atoms with Gasteiger partial charge in [-0.2, -0.15) is 0 Å². The number of carbonyl (C=O) groups is 1. The van der Waals surface area contributed by atoms with Crippen LogP contribution in [0.4, 0.5) is 0 Å². The quantitative estimate of drug-likeness (QED) is 0.788. The number of rotatable bonds is 6. The van der Waals surface area contributed by atoms with E-state index in [9.17, 15) is 4.79 Å².